The second kappa shape index (κ2) is 7.47. The predicted molar refractivity (Wildman–Crippen MR) is 96.3 cm³/mol. The Morgan fingerprint density at radius 1 is 1.21 bits per heavy atom. The first-order valence-corrected chi connectivity index (χ1v) is 8.83. The maximum absolute atomic E-state index is 13.3. The summed E-state index contributed by atoms with van der Waals surface area (Å²) in [4.78, 5) is 12.4. The molecule has 8 heteroatoms. The van der Waals surface area contributed by atoms with Gasteiger partial charge in [0.25, 0.3) is 5.91 Å². The van der Waals surface area contributed by atoms with E-state index in [4.69, 9.17) is 4.74 Å². The van der Waals surface area contributed by atoms with Crippen molar-refractivity contribution >= 4 is 5.91 Å². The fourth-order valence-corrected chi connectivity index (χ4v) is 3.15. The average molecular weight is 384 g/mol. The van der Waals surface area contributed by atoms with E-state index in [9.17, 15) is 13.6 Å². The molecule has 0 unspecified atom stereocenters. The van der Waals surface area contributed by atoms with Crippen LogP contribution in [-0.4, -0.2) is 20.9 Å². The molecule has 0 aliphatic carbocycles. The standard InChI is InChI=1S/C20H18F2N4O2/c1-12-2-4-14(5-3-12)18-10-26-17(11-28-18)19(24-25-26)20(27)23-9-13-6-15(21)8-16(22)7-13/h2-8,18H,9-11H2,1H3,(H,23,27)/t18-/m0/s1. The molecule has 6 nitrogen and oxygen atoms in total. The van der Waals surface area contributed by atoms with E-state index in [2.05, 4.69) is 15.6 Å². The zero-order valence-electron chi connectivity index (χ0n) is 15.2. The minimum Gasteiger partial charge on any atom is -0.365 e. The van der Waals surface area contributed by atoms with Crippen LogP contribution in [0.25, 0.3) is 0 Å². The number of nitrogens with one attached hydrogen (secondary N) is 1. The number of benzene rings is 2. The normalized spacial score (nSPS) is 15.9. The molecule has 1 aliphatic heterocycles. The predicted octanol–water partition coefficient (Wildman–Crippen LogP) is 3.07. The molecule has 4 rings (SSSR count). The zero-order chi connectivity index (χ0) is 19.7. The first-order chi connectivity index (χ1) is 13.5. The van der Waals surface area contributed by atoms with E-state index in [0.717, 1.165) is 17.2 Å². The number of ether oxygens (including phenoxy) is 1. The zero-order valence-corrected chi connectivity index (χ0v) is 15.2. The van der Waals surface area contributed by atoms with Gasteiger partial charge in [0.2, 0.25) is 0 Å². The number of halogens is 2. The van der Waals surface area contributed by atoms with Crippen LogP contribution in [0.5, 0.6) is 0 Å². The summed E-state index contributed by atoms with van der Waals surface area (Å²) in [6.07, 6.45) is -0.166. The summed E-state index contributed by atoms with van der Waals surface area (Å²) in [5, 5.41) is 10.6. The van der Waals surface area contributed by atoms with Gasteiger partial charge < -0.3 is 10.1 Å². The Bertz CT molecular complexity index is 997. The summed E-state index contributed by atoms with van der Waals surface area (Å²) < 4.78 is 34.1. The molecule has 28 heavy (non-hydrogen) atoms. The molecule has 0 bridgehead atoms. The number of hydrogen-bond donors (Lipinski definition) is 1. The number of rotatable bonds is 4. The summed E-state index contributed by atoms with van der Waals surface area (Å²) in [7, 11) is 0. The number of carbonyl (C=O) groups excluding carboxylic acids is 1. The summed E-state index contributed by atoms with van der Waals surface area (Å²) in [5.74, 6) is -1.86. The minimum atomic E-state index is -0.694. The Morgan fingerprint density at radius 2 is 1.93 bits per heavy atom. The third-order valence-electron chi connectivity index (χ3n) is 4.64. The molecule has 1 aliphatic rings. The van der Waals surface area contributed by atoms with E-state index in [1.165, 1.54) is 12.1 Å². The van der Waals surface area contributed by atoms with Gasteiger partial charge in [0.05, 0.1) is 18.8 Å². The molecule has 1 amide bonds. The highest BCUT2D eigenvalue weighted by Crippen LogP contribution is 2.27. The molecule has 0 fully saturated rings. The molecule has 1 atom stereocenters. The summed E-state index contributed by atoms with van der Waals surface area (Å²) in [6.45, 7) is 2.65. The Labute approximate surface area is 160 Å². The third-order valence-corrected chi connectivity index (χ3v) is 4.64. The SMILES string of the molecule is Cc1ccc([C@@H]2Cn3nnc(C(=O)NCc4cc(F)cc(F)c4)c3CO2)cc1. The van der Waals surface area contributed by atoms with Crippen molar-refractivity contribution in [1.29, 1.82) is 0 Å². The van der Waals surface area contributed by atoms with E-state index in [-0.39, 0.29) is 24.9 Å². The minimum absolute atomic E-state index is 0.0212. The second-order valence-electron chi connectivity index (χ2n) is 6.74. The van der Waals surface area contributed by atoms with Gasteiger partial charge in [-0.05, 0) is 30.2 Å². The Kier molecular flexibility index (Phi) is 4.87. The van der Waals surface area contributed by atoms with Crippen LogP contribution in [0.3, 0.4) is 0 Å². The van der Waals surface area contributed by atoms with Crippen LogP contribution in [0.1, 0.15) is 39.0 Å². The van der Waals surface area contributed by atoms with Gasteiger partial charge in [0.15, 0.2) is 5.69 Å². The molecule has 1 aromatic heterocycles. The lowest BCUT2D eigenvalue weighted by Gasteiger charge is -2.24. The highest BCUT2D eigenvalue weighted by atomic mass is 19.1. The molecule has 1 N–H and O–H groups in total. The largest absolute Gasteiger partial charge is 0.365 e. The van der Waals surface area contributed by atoms with Crippen molar-refractivity contribution in [3.8, 4) is 0 Å². The molecule has 2 heterocycles. The average Bonchev–Trinajstić information content (AvgIpc) is 3.09. The number of hydrogen-bond acceptors (Lipinski definition) is 4. The van der Waals surface area contributed by atoms with Gasteiger partial charge in [-0.3, -0.25) is 4.79 Å². The molecule has 0 saturated carbocycles. The quantitative estimate of drug-likeness (QED) is 0.751. The molecule has 144 valence electrons. The molecular formula is C20H18F2N4O2. The van der Waals surface area contributed by atoms with Crippen LogP contribution < -0.4 is 5.32 Å². The molecule has 0 spiro atoms. The van der Waals surface area contributed by atoms with E-state index < -0.39 is 17.5 Å². The van der Waals surface area contributed by atoms with E-state index in [1.54, 1.807) is 4.68 Å². The highest BCUT2D eigenvalue weighted by molar-refractivity contribution is 5.93. The first kappa shape index (κ1) is 18.2. The van der Waals surface area contributed by atoms with Gasteiger partial charge in [-0.2, -0.15) is 0 Å². The molecular weight excluding hydrogens is 366 g/mol. The van der Waals surface area contributed by atoms with Crippen LogP contribution in [0, 0.1) is 18.6 Å². The van der Waals surface area contributed by atoms with E-state index >= 15 is 0 Å². The lowest BCUT2D eigenvalue weighted by atomic mass is 10.1. The number of aromatic nitrogens is 3. The van der Waals surface area contributed by atoms with Gasteiger partial charge in [-0.15, -0.1) is 5.10 Å². The number of nitrogens with zero attached hydrogens (tertiary/aromatic N) is 3. The van der Waals surface area contributed by atoms with Crippen molar-refractivity contribution in [2.24, 2.45) is 0 Å². The van der Waals surface area contributed by atoms with Crippen molar-refractivity contribution in [2.45, 2.75) is 32.7 Å². The maximum atomic E-state index is 13.3. The Balaban J connectivity index is 1.45. The van der Waals surface area contributed by atoms with Crippen molar-refractivity contribution in [2.75, 3.05) is 0 Å². The Morgan fingerprint density at radius 3 is 2.64 bits per heavy atom. The van der Waals surface area contributed by atoms with Crippen LogP contribution in [0.15, 0.2) is 42.5 Å². The monoisotopic (exact) mass is 384 g/mol. The van der Waals surface area contributed by atoms with Gasteiger partial charge in [-0.25, -0.2) is 13.5 Å². The van der Waals surface area contributed by atoms with E-state index in [0.29, 0.717) is 17.8 Å². The number of fused-ring (bicyclic) bond motifs is 1. The summed E-state index contributed by atoms with van der Waals surface area (Å²) >= 11 is 0. The van der Waals surface area contributed by atoms with Crippen molar-refractivity contribution in [3.63, 3.8) is 0 Å². The highest BCUT2D eigenvalue weighted by Gasteiger charge is 2.27. The molecule has 0 saturated heterocycles. The smallest absolute Gasteiger partial charge is 0.274 e. The fourth-order valence-electron chi connectivity index (χ4n) is 3.15. The van der Waals surface area contributed by atoms with Gasteiger partial charge in [0, 0.05) is 12.6 Å². The number of aryl methyl sites for hydroxylation is 1. The summed E-state index contributed by atoms with van der Waals surface area (Å²) in [5.41, 5.74) is 3.25. The second-order valence-corrected chi connectivity index (χ2v) is 6.74. The van der Waals surface area contributed by atoms with Crippen LogP contribution in [0.4, 0.5) is 8.78 Å². The number of amides is 1. The third kappa shape index (κ3) is 3.77. The molecule has 3 aromatic rings. The number of carbonyl (C=O) groups is 1. The van der Waals surface area contributed by atoms with Gasteiger partial charge >= 0.3 is 0 Å². The topological polar surface area (TPSA) is 69.0 Å². The van der Waals surface area contributed by atoms with Crippen molar-refractivity contribution in [1.82, 2.24) is 20.3 Å². The van der Waals surface area contributed by atoms with Crippen molar-refractivity contribution in [3.05, 3.63) is 82.2 Å². The Hall–Kier alpha value is -3.13. The lowest BCUT2D eigenvalue weighted by molar-refractivity contribution is -0.00177. The van der Waals surface area contributed by atoms with Gasteiger partial charge in [0.1, 0.15) is 17.7 Å². The van der Waals surface area contributed by atoms with E-state index in [1.807, 2.05) is 31.2 Å². The first-order valence-electron chi connectivity index (χ1n) is 8.83. The maximum Gasteiger partial charge on any atom is 0.274 e. The van der Waals surface area contributed by atoms with Crippen LogP contribution >= 0.6 is 0 Å². The molecule has 2 aromatic carbocycles. The molecule has 0 radical (unpaired) electrons. The summed E-state index contributed by atoms with van der Waals surface area (Å²) in [6, 6.07) is 11.2. The van der Waals surface area contributed by atoms with Crippen LogP contribution in [-0.2, 0) is 24.4 Å². The van der Waals surface area contributed by atoms with Crippen LogP contribution in [0.2, 0.25) is 0 Å². The fraction of sp³-hybridized carbons (Fsp3) is 0.250. The lowest BCUT2D eigenvalue weighted by Crippen LogP contribution is -2.27. The van der Waals surface area contributed by atoms with Crippen molar-refractivity contribution < 1.29 is 18.3 Å². The van der Waals surface area contributed by atoms with Gasteiger partial charge in [-0.1, -0.05) is 35.0 Å².